The van der Waals surface area contributed by atoms with Crippen LogP contribution in [0.3, 0.4) is 0 Å². The van der Waals surface area contributed by atoms with Gasteiger partial charge in [0.25, 0.3) is 0 Å². The number of carbonyl (C=O) groups is 4. The number of phenols is 1. The van der Waals surface area contributed by atoms with Crippen LogP contribution in [0.1, 0.15) is 47.9 Å². The molecule has 3 aliphatic carbocycles. The third kappa shape index (κ3) is 4.61. The summed E-state index contributed by atoms with van der Waals surface area (Å²) in [4.78, 5) is 59.9. The lowest BCUT2D eigenvalue weighted by Crippen LogP contribution is -2.58. The Balaban J connectivity index is 1.35. The summed E-state index contributed by atoms with van der Waals surface area (Å²) < 4.78 is 0. The first kappa shape index (κ1) is 31.2. The lowest BCUT2D eigenvalue weighted by molar-refractivity contribution is -0.135. The predicted octanol–water partition coefficient (Wildman–Crippen LogP) is 7.64. The second-order valence-electron chi connectivity index (χ2n) is 13.5. The number of imide groups is 1. The van der Waals surface area contributed by atoms with Crippen LogP contribution in [-0.4, -0.2) is 28.5 Å². The van der Waals surface area contributed by atoms with E-state index in [0.717, 1.165) is 17.6 Å². The second kappa shape index (κ2) is 11.8. The fourth-order valence-electron chi connectivity index (χ4n) is 9.10. The highest BCUT2D eigenvalue weighted by Gasteiger charge is 2.66. The number of benzene rings is 4. The van der Waals surface area contributed by atoms with Crippen LogP contribution in [0.4, 0.5) is 5.69 Å². The van der Waals surface area contributed by atoms with Gasteiger partial charge in [-0.3, -0.25) is 24.1 Å². The summed E-state index contributed by atoms with van der Waals surface area (Å²) in [5.74, 6) is -4.36. The summed E-state index contributed by atoms with van der Waals surface area (Å²) in [6, 6.07) is 30.8. The number of carbonyl (C=O) groups excluding carboxylic acids is 4. The van der Waals surface area contributed by atoms with Crippen LogP contribution in [-0.2, 0) is 31.0 Å². The van der Waals surface area contributed by atoms with E-state index in [0.29, 0.717) is 34.4 Å². The average Bonchev–Trinajstić information content (AvgIpc) is 3.38. The highest BCUT2D eigenvalue weighted by molar-refractivity contribution is 6.33. The molecule has 1 heterocycles. The second-order valence-corrected chi connectivity index (χ2v) is 13.9. The zero-order chi connectivity index (χ0) is 34.0. The Morgan fingerprint density at radius 1 is 0.837 bits per heavy atom. The number of fused-ring (bicyclic) bond motifs is 4. The van der Waals surface area contributed by atoms with Crippen LogP contribution in [0.2, 0.25) is 5.02 Å². The smallest absolute Gasteiger partial charge is 0.238 e. The van der Waals surface area contributed by atoms with E-state index in [9.17, 15) is 19.5 Å². The van der Waals surface area contributed by atoms with Crippen molar-refractivity contribution >= 4 is 46.2 Å². The number of anilines is 1. The van der Waals surface area contributed by atoms with Crippen LogP contribution in [0.5, 0.6) is 5.75 Å². The number of phenolic OH excluding ortho intramolecular Hbond substituents is 1. The number of hydrogen-bond acceptors (Lipinski definition) is 5. The number of allylic oxidation sites excluding steroid dienone is 4. The average molecular weight is 668 g/mol. The van der Waals surface area contributed by atoms with Gasteiger partial charge in [-0.15, -0.1) is 0 Å². The molecule has 7 heteroatoms. The van der Waals surface area contributed by atoms with Crippen LogP contribution in [0, 0.1) is 23.7 Å². The van der Waals surface area contributed by atoms with E-state index in [1.165, 1.54) is 23.1 Å². The van der Waals surface area contributed by atoms with E-state index in [-0.39, 0.29) is 40.6 Å². The molecule has 6 atom stereocenters. The summed E-state index contributed by atoms with van der Waals surface area (Å²) in [5.41, 5.74) is 3.35. The molecule has 4 aromatic rings. The molecule has 6 unspecified atom stereocenters. The zero-order valence-corrected chi connectivity index (χ0v) is 27.6. The van der Waals surface area contributed by atoms with E-state index in [4.69, 9.17) is 11.6 Å². The van der Waals surface area contributed by atoms with Gasteiger partial charge in [0.1, 0.15) is 5.75 Å². The number of rotatable bonds is 5. The molecule has 4 aromatic carbocycles. The van der Waals surface area contributed by atoms with Crippen LogP contribution >= 0.6 is 11.6 Å². The van der Waals surface area contributed by atoms with Crippen molar-refractivity contribution in [3.8, 4) is 5.75 Å². The number of ketones is 2. The number of Topliss-reactive ketones (excluding diaryl/α,β-unsaturated/α-hetero) is 1. The Morgan fingerprint density at radius 3 is 2.20 bits per heavy atom. The van der Waals surface area contributed by atoms with Gasteiger partial charge >= 0.3 is 0 Å². The maximum atomic E-state index is 15.1. The largest absolute Gasteiger partial charge is 0.508 e. The normalized spacial score (nSPS) is 27.6. The van der Waals surface area contributed by atoms with Crippen molar-refractivity contribution in [3.05, 3.63) is 148 Å². The molecular formula is C42H34ClNO5. The van der Waals surface area contributed by atoms with Gasteiger partial charge in [0, 0.05) is 22.4 Å². The summed E-state index contributed by atoms with van der Waals surface area (Å²) in [6.45, 7) is 2.05. The van der Waals surface area contributed by atoms with Crippen molar-refractivity contribution in [1.82, 2.24) is 0 Å². The maximum Gasteiger partial charge on any atom is 0.238 e. The molecule has 244 valence electrons. The Kier molecular flexibility index (Phi) is 7.53. The summed E-state index contributed by atoms with van der Waals surface area (Å²) in [7, 11) is 0. The van der Waals surface area contributed by atoms with Crippen molar-refractivity contribution in [1.29, 1.82) is 0 Å². The SMILES string of the molecule is CCc1ccc(N2C(=O)C3CC=C4C(CC5C(=O)C(c6ccccc6)=CC(=O)C5(c5ccccc5)C4c4ccc(O)cc4Cl)C3C2=O)cc1. The quantitative estimate of drug-likeness (QED) is 0.175. The number of nitrogens with zero attached hydrogens (tertiary/aromatic N) is 1. The summed E-state index contributed by atoms with van der Waals surface area (Å²) in [5, 5.41) is 10.6. The van der Waals surface area contributed by atoms with E-state index < -0.39 is 35.0 Å². The number of hydrogen-bond donors (Lipinski definition) is 1. The van der Waals surface area contributed by atoms with Gasteiger partial charge in [-0.1, -0.05) is 109 Å². The van der Waals surface area contributed by atoms with Crippen LogP contribution in [0.25, 0.3) is 5.57 Å². The maximum absolute atomic E-state index is 15.1. The monoisotopic (exact) mass is 667 g/mol. The topological polar surface area (TPSA) is 91.8 Å². The molecule has 0 radical (unpaired) electrons. The molecule has 49 heavy (non-hydrogen) atoms. The number of aromatic hydroxyl groups is 1. The third-order valence-corrected chi connectivity index (χ3v) is 11.6. The van der Waals surface area contributed by atoms with Crippen molar-refractivity contribution in [2.75, 3.05) is 4.90 Å². The molecule has 1 aliphatic heterocycles. The molecule has 0 bridgehead atoms. The van der Waals surface area contributed by atoms with Gasteiger partial charge in [0.2, 0.25) is 11.8 Å². The number of aryl methyl sites for hydroxylation is 1. The summed E-state index contributed by atoms with van der Waals surface area (Å²) >= 11 is 6.95. The first-order valence-electron chi connectivity index (χ1n) is 16.8. The van der Waals surface area contributed by atoms with Crippen molar-refractivity contribution in [2.45, 2.75) is 37.5 Å². The van der Waals surface area contributed by atoms with Gasteiger partial charge in [-0.25, -0.2) is 0 Å². The molecule has 8 rings (SSSR count). The van der Waals surface area contributed by atoms with Crippen molar-refractivity contribution < 1.29 is 24.3 Å². The number of halogens is 1. The van der Waals surface area contributed by atoms with Gasteiger partial charge in [-0.2, -0.15) is 0 Å². The van der Waals surface area contributed by atoms with Gasteiger partial charge in [0.15, 0.2) is 11.6 Å². The van der Waals surface area contributed by atoms with E-state index >= 15 is 4.79 Å². The molecule has 0 aromatic heterocycles. The molecule has 0 spiro atoms. The van der Waals surface area contributed by atoms with Gasteiger partial charge in [-0.05, 0) is 77.8 Å². The molecule has 1 N–H and O–H groups in total. The number of amides is 2. The standard InChI is InChI=1S/C42H34ClNO5/c1-2-24-13-15-27(16-14-24)44-40(48)31-20-19-29-33(37(31)41(44)49)22-34-39(47)32(25-9-5-3-6-10-25)23-36(46)42(34,26-11-7-4-8-12-26)38(29)30-18-17-28(45)21-35(30)43/h3-19,21,23,31,33-34,37-38,45H,2,20,22H2,1H3. The van der Waals surface area contributed by atoms with Gasteiger partial charge in [0.05, 0.1) is 22.9 Å². The van der Waals surface area contributed by atoms with Crippen LogP contribution in [0.15, 0.2) is 121 Å². The van der Waals surface area contributed by atoms with E-state index in [2.05, 4.69) is 0 Å². The van der Waals surface area contributed by atoms with Crippen LogP contribution < -0.4 is 4.90 Å². The Labute approximate surface area is 289 Å². The Bertz CT molecular complexity index is 2090. The van der Waals surface area contributed by atoms with Gasteiger partial charge < -0.3 is 5.11 Å². The fourth-order valence-corrected chi connectivity index (χ4v) is 9.39. The minimum absolute atomic E-state index is 0.0253. The lowest BCUT2D eigenvalue weighted by atomic mass is 9.44. The molecule has 1 saturated carbocycles. The lowest BCUT2D eigenvalue weighted by Gasteiger charge is -2.55. The first-order valence-corrected chi connectivity index (χ1v) is 17.2. The third-order valence-electron chi connectivity index (χ3n) is 11.3. The molecule has 4 aliphatic rings. The molecule has 1 saturated heterocycles. The van der Waals surface area contributed by atoms with Crippen molar-refractivity contribution in [3.63, 3.8) is 0 Å². The molecule has 2 amide bonds. The minimum Gasteiger partial charge on any atom is -0.508 e. The molecular weight excluding hydrogens is 634 g/mol. The zero-order valence-electron chi connectivity index (χ0n) is 26.9. The minimum atomic E-state index is -1.38. The van der Waals surface area contributed by atoms with Crippen molar-refractivity contribution in [2.24, 2.45) is 23.7 Å². The summed E-state index contributed by atoms with van der Waals surface area (Å²) in [6.07, 6.45) is 4.87. The first-order chi connectivity index (χ1) is 23.7. The highest BCUT2D eigenvalue weighted by Crippen LogP contribution is 2.64. The Morgan fingerprint density at radius 2 is 1.53 bits per heavy atom. The molecule has 6 nitrogen and oxygen atoms in total. The predicted molar refractivity (Wildman–Crippen MR) is 188 cm³/mol. The highest BCUT2D eigenvalue weighted by atomic mass is 35.5. The fraction of sp³-hybridized carbons (Fsp3) is 0.238. The van der Waals surface area contributed by atoms with E-state index in [1.54, 1.807) is 6.07 Å². The van der Waals surface area contributed by atoms with E-state index in [1.807, 2.05) is 97.9 Å². The Hall–Kier alpha value is -5.07. The molecule has 2 fully saturated rings.